The zero-order valence-electron chi connectivity index (χ0n) is 15.1. The van der Waals surface area contributed by atoms with E-state index < -0.39 is 0 Å². The molecule has 0 atom stereocenters. The van der Waals surface area contributed by atoms with Gasteiger partial charge in [0.05, 0.1) is 24.6 Å². The number of nitrogens with one attached hydrogen (secondary N) is 2. The first-order chi connectivity index (χ1) is 13.0. The zero-order chi connectivity index (χ0) is 19.4. The molecule has 2 N–H and O–H groups in total. The Morgan fingerprint density at radius 2 is 2.22 bits per heavy atom. The van der Waals surface area contributed by atoms with Crippen molar-refractivity contribution in [3.05, 3.63) is 35.5 Å². The van der Waals surface area contributed by atoms with Crippen molar-refractivity contribution in [1.82, 2.24) is 25.0 Å². The summed E-state index contributed by atoms with van der Waals surface area (Å²) in [6.07, 6.45) is 1.66. The molecule has 0 radical (unpaired) electrons. The van der Waals surface area contributed by atoms with Gasteiger partial charge in [0, 0.05) is 17.1 Å². The normalized spacial score (nSPS) is 11.0. The third-order valence-electron chi connectivity index (χ3n) is 3.64. The van der Waals surface area contributed by atoms with Gasteiger partial charge in [-0.15, -0.1) is 5.10 Å². The van der Waals surface area contributed by atoms with Crippen LogP contribution in [0.3, 0.4) is 0 Å². The SMILES string of the molecule is COc1ccc(Cl)cc1-c1nc(SCC(=O)Nc2ccnn2C(C)C)n[nH]1. The predicted octanol–water partition coefficient (Wildman–Crippen LogP) is 3.64. The Hall–Kier alpha value is -2.52. The van der Waals surface area contributed by atoms with Crippen molar-refractivity contribution in [2.24, 2.45) is 0 Å². The second-order valence-electron chi connectivity index (χ2n) is 5.90. The van der Waals surface area contributed by atoms with E-state index in [-0.39, 0.29) is 17.7 Å². The lowest BCUT2D eigenvalue weighted by Crippen LogP contribution is -2.18. The lowest BCUT2D eigenvalue weighted by Gasteiger charge is -2.11. The van der Waals surface area contributed by atoms with E-state index in [0.717, 1.165) is 0 Å². The van der Waals surface area contributed by atoms with Gasteiger partial charge in [0.2, 0.25) is 11.1 Å². The Morgan fingerprint density at radius 3 is 2.96 bits per heavy atom. The van der Waals surface area contributed by atoms with Crippen molar-refractivity contribution in [2.75, 3.05) is 18.2 Å². The number of ether oxygens (including phenoxy) is 1. The molecule has 0 spiro atoms. The highest BCUT2D eigenvalue weighted by Crippen LogP contribution is 2.31. The smallest absolute Gasteiger partial charge is 0.235 e. The number of hydrogen-bond donors (Lipinski definition) is 2. The minimum Gasteiger partial charge on any atom is -0.496 e. The molecule has 142 valence electrons. The van der Waals surface area contributed by atoms with Crippen LogP contribution in [0.15, 0.2) is 35.6 Å². The van der Waals surface area contributed by atoms with E-state index in [0.29, 0.717) is 33.1 Å². The Bertz CT molecular complexity index is 939. The minimum atomic E-state index is -0.158. The number of thioether (sulfide) groups is 1. The number of methoxy groups -OCH3 is 1. The number of benzene rings is 1. The predicted molar refractivity (Wildman–Crippen MR) is 105 cm³/mol. The van der Waals surface area contributed by atoms with Crippen molar-refractivity contribution < 1.29 is 9.53 Å². The van der Waals surface area contributed by atoms with Crippen LogP contribution in [0.2, 0.25) is 5.02 Å². The number of hydrogen-bond acceptors (Lipinski definition) is 6. The fourth-order valence-corrected chi connectivity index (χ4v) is 3.20. The summed E-state index contributed by atoms with van der Waals surface area (Å²) in [4.78, 5) is 16.6. The second kappa shape index (κ2) is 8.45. The molecule has 1 amide bonds. The molecule has 10 heteroatoms. The van der Waals surface area contributed by atoms with Gasteiger partial charge in [0.15, 0.2) is 5.82 Å². The van der Waals surface area contributed by atoms with E-state index in [2.05, 4.69) is 25.6 Å². The van der Waals surface area contributed by atoms with Crippen molar-refractivity contribution in [3.8, 4) is 17.1 Å². The molecule has 0 unspecified atom stereocenters. The summed E-state index contributed by atoms with van der Waals surface area (Å²) in [7, 11) is 1.57. The summed E-state index contributed by atoms with van der Waals surface area (Å²) in [6.45, 7) is 3.99. The van der Waals surface area contributed by atoms with Crippen molar-refractivity contribution in [3.63, 3.8) is 0 Å². The highest BCUT2D eigenvalue weighted by Gasteiger charge is 2.14. The van der Waals surface area contributed by atoms with Crippen LogP contribution >= 0.6 is 23.4 Å². The van der Waals surface area contributed by atoms with Gasteiger partial charge in [-0.05, 0) is 32.0 Å². The first-order valence-corrected chi connectivity index (χ1v) is 9.56. The van der Waals surface area contributed by atoms with Crippen LogP contribution in [-0.4, -0.2) is 43.7 Å². The molecule has 0 aliphatic heterocycles. The number of anilines is 1. The maximum Gasteiger partial charge on any atom is 0.235 e. The fourth-order valence-electron chi connectivity index (χ4n) is 2.43. The molecule has 3 aromatic rings. The summed E-state index contributed by atoms with van der Waals surface area (Å²) in [5.41, 5.74) is 0.703. The van der Waals surface area contributed by atoms with Gasteiger partial charge in [-0.25, -0.2) is 9.67 Å². The first-order valence-electron chi connectivity index (χ1n) is 8.20. The van der Waals surface area contributed by atoms with Gasteiger partial charge in [0.1, 0.15) is 11.6 Å². The zero-order valence-corrected chi connectivity index (χ0v) is 16.6. The number of carbonyl (C=O) groups is 1. The quantitative estimate of drug-likeness (QED) is 0.581. The van der Waals surface area contributed by atoms with Gasteiger partial charge in [-0.3, -0.25) is 9.89 Å². The van der Waals surface area contributed by atoms with Crippen LogP contribution < -0.4 is 10.1 Å². The summed E-state index contributed by atoms with van der Waals surface area (Å²) in [5.74, 6) is 1.83. The van der Waals surface area contributed by atoms with Gasteiger partial charge in [-0.2, -0.15) is 5.10 Å². The van der Waals surface area contributed by atoms with Crippen LogP contribution in [0, 0.1) is 0 Å². The molecule has 0 aliphatic rings. The lowest BCUT2D eigenvalue weighted by molar-refractivity contribution is -0.113. The fraction of sp³-hybridized carbons (Fsp3) is 0.294. The Labute approximate surface area is 165 Å². The van der Waals surface area contributed by atoms with E-state index in [1.807, 2.05) is 13.8 Å². The highest BCUT2D eigenvalue weighted by molar-refractivity contribution is 7.99. The summed E-state index contributed by atoms with van der Waals surface area (Å²) in [6, 6.07) is 7.17. The number of aromatic amines is 1. The van der Waals surface area contributed by atoms with Crippen molar-refractivity contribution in [2.45, 2.75) is 25.0 Å². The lowest BCUT2D eigenvalue weighted by atomic mass is 10.2. The Kier molecular flexibility index (Phi) is 6.02. The van der Waals surface area contributed by atoms with E-state index >= 15 is 0 Å². The second-order valence-corrected chi connectivity index (χ2v) is 7.28. The van der Waals surface area contributed by atoms with Crippen LogP contribution in [-0.2, 0) is 4.79 Å². The number of halogens is 1. The standard InChI is InChI=1S/C17H19ClN6O2S/c1-10(2)24-14(6-7-19-24)20-15(25)9-27-17-21-16(22-23-17)12-8-11(18)4-5-13(12)26-3/h4-8,10H,9H2,1-3H3,(H,20,25)(H,21,22,23). The van der Waals surface area contributed by atoms with Crippen molar-refractivity contribution in [1.29, 1.82) is 0 Å². The molecule has 2 aromatic heterocycles. The van der Waals surface area contributed by atoms with Gasteiger partial charge < -0.3 is 10.1 Å². The van der Waals surface area contributed by atoms with Gasteiger partial charge in [0.25, 0.3) is 0 Å². The maximum absolute atomic E-state index is 12.2. The monoisotopic (exact) mass is 406 g/mol. The van der Waals surface area contributed by atoms with E-state index in [1.165, 1.54) is 11.8 Å². The average Bonchev–Trinajstić information content (AvgIpc) is 3.29. The molecule has 0 saturated carbocycles. The van der Waals surface area contributed by atoms with E-state index in [4.69, 9.17) is 16.3 Å². The van der Waals surface area contributed by atoms with Crippen molar-refractivity contribution >= 4 is 35.1 Å². The number of carbonyl (C=O) groups excluding carboxylic acids is 1. The third-order valence-corrected chi connectivity index (χ3v) is 4.72. The maximum atomic E-state index is 12.2. The Balaban J connectivity index is 1.64. The molecule has 27 heavy (non-hydrogen) atoms. The Morgan fingerprint density at radius 1 is 1.41 bits per heavy atom. The van der Waals surface area contributed by atoms with E-state index in [1.54, 1.807) is 42.3 Å². The highest BCUT2D eigenvalue weighted by atomic mass is 35.5. The third kappa shape index (κ3) is 4.61. The molecule has 0 aliphatic carbocycles. The number of H-pyrrole nitrogens is 1. The molecule has 0 bridgehead atoms. The van der Waals surface area contributed by atoms with Crippen LogP contribution in [0.25, 0.3) is 11.4 Å². The largest absolute Gasteiger partial charge is 0.496 e. The molecule has 0 saturated heterocycles. The molecule has 2 heterocycles. The van der Waals surface area contributed by atoms with Crippen LogP contribution in [0.1, 0.15) is 19.9 Å². The van der Waals surface area contributed by atoms with E-state index in [9.17, 15) is 4.79 Å². The molecule has 3 rings (SSSR count). The molecule has 8 nitrogen and oxygen atoms in total. The van der Waals surface area contributed by atoms with Gasteiger partial charge >= 0.3 is 0 Å². The number of nitrogens with zero attached hydrogens (tertiary/aromatic N) is 4. The number of amides is 1. The number of aromatic nitrogens is 5. The summed E-state index contributed by atoms with van der Waals surface area (Å²) in [5, 5.41) is 15.1. The average molecular weight is 407 g/mol. The molecular formula is C17H19ClN6O2S. The van der Waals surface area contributed by atoms with Crippen LogP contribution in [0.4, 0.5) is 5.82 Å². The first kappa shape index (κ1) is 19.2. The molecule has 1 aromatic carbocycles. The topological polar surface area (TPSA) is 97.7 Å². The summed E-state index contributed by atoms with van der Waals surface area (Å²) >= 11 is 7.28. The van der Waals surface area contributed by atoms with Gasteiger partial charge in [-0.1, -0.05) is 23.4 Å². The summed E-state index contributed by atoms with van der Waals surface area (Å²) < 4.78 is 7.07. The molecular weight excluding hydrogens is 388 g/mol. The minimum absolute atomic E-state index is 0.158. The molecule has 0 fully saturated rings. The number of rotatable bonds is 7. The van der Waals surface area contributed by atoms with Crippen LogP contribution in [0.5, 0.6) is 5.75 Å².